The van der Waals surface area contributed by atoms with Crippen molar-refractivity contribution in [2.75, 3.05) is 18.2 Å². The number of esters is 1. The first-order chi connectivity index (χ1) is 9.52. The van der Waals surface area contributed by atoms with Crippen molar-refractivity contribution in [3.8, 4) is 0 Å². The number of benzene rings is 1. The summed E-state index contributed by atoms with van der Waals surface area (Å²) in [5.41, 5.74) is 6.26. The van der Waals surface area contributed by atoms with Gasteiger partial charge in [-0.05, 0) is 30.9 Å². The highest BCUT2D eigenvalue weighted by Crippen LogP contribution is 2.29. The molecule has 0 amide bonds. The van der Waals surface area contributed by atoms with Crippen molar-refractivity contribution in [3.63, 3.8) is 0 Å². The van der Waals surface area contributed by atoms with Gasteiger partial charge in [0, 0.05) is 11.7 Å². The van der Waals surface area contributed by atoms with Crippen LogP contribution in [0.15, 0.2) is 12.1 Å². The normalized spacial score (nSPS) is 22.4. The first kappa shape index (κ1) is 14.6. The maximum absolute atomic E-state index is 14.0. The molecule has 0 spiro atoms. The fraction of sp³-hybridized carbons (Fsp3) is 0.533. The SMILES string of the molecule is COC(=O)c1cc(NC2CCCCC2C)c(F)cc1N. The summed E-state index contributed by atoms with van der Waals surface area (Å²) in [6, 6.07) is 2.84. The largest absolute Gasteiger partial charge is 0.465 e. The number of methoxy groups -OCH3 is 1. The van der Waals surface area contributed by atoms with Crippen LogP contribution >= 0.6 is 0 Å². The Morgan fingerprint density at radius 1 is 1.40 bits per heavy atom. The van der Waals surface area contributed by atoms with Gasteiger partial charge in [0.05, 0.1) is 18.4 Å². The molecule has 1 aliphatic rings. The van der Waals surface area contributed by atoms with Crippen molar-refractivity contribution in [1.82, 2.24) is 0 Å². The third-order valence-corrected chi connectivity index (χ3v) is 4.00. The Kier molecular flexibility index (Phi) is 4.47. The highest BCUT2D eigenvalue weighted by molar-refractivity contribution is 5.96. The van der Waals surface area contributed by atoms with Crippen LogP contribution in [-0.4, -0.2) is 19.1 Å². The van der Waals surface area contributed by atoms with Crippen LogP contribution in [0.5, 0.6) is 0 Å². The molecule has 5 heteroatoms. The Morgan fingerprint density at radius 3 is 2.75 bits per heavy atom. The molecule has 1 aromatic rings. The minimum atomic E-state index is -0.553. The lowest BCUT2D eigenvalue weighted by Gasteiger charge is -2.30. The van der Waals surface area contributed by atoms with Gasteiger partial charge in [-0.1, -0.05) is 19.8 Å². The van der Waals surface area contributed by atoms with Gasteiger partial charge in [0.15, 0.2) is 0 Å². The maximum Gasteiger partial charge on any atom is 0.340 e. The lowest BCUT2D eigenvalue weighted by atomic mass is 9.86. The first-order valence-electron chi connectivity index (χ1n) is 6.96. The second-order valence-electron chi connectivity index (χ2n) is 5.42. The number of carbonyl (C=O) groups excluding carboxylic acids is 1. The molecule has 3 N–H and O–H groups in total. The molecule has 2 atom stereocenters. The average molecular weight is 280 g/mol. The van der Waals surface area contributed by atoms with E-state index in [-0.39, 0.29) is 17.3 Å². The summed E-state index contributed by atoms with van der Waals surface area (Å²) < 4.78 is 18.6. The second-order valence-corrected chi connectivity index (χ2v) is 5.42. The predicted octanol–water partition coefficient (Wildman–Crippen LogP) is 3.19. The molecule has 1 saturated carbocycles. The zero-order valence-electron chi connectivity index (χ0n) is 11.9. The van der Waals surface area contributed by atoms with Gasteiger partial charge in [0.25, 0.3) is 0 Å². The highest BCUT2D eigenvalue weighted by Gasteiger charge is 2.23. The number of anilines is 2. The summed E-state index contributed by atoms with van der Waals surface area (Å²) in [5, 5.41) is 3.21. The summed E-state index contributed by atoms with van der Waals surface area (Å²) in [4.78, 5) is 11.6. The second kappa shape index (κ2) is 6.11. The maximum atomic E-state index is 14.0. The van der Waals surface area contributed by atoms with E-state index in [0.717, 1.165) is 19.3 Å². The molecule has 2 rings (SSSR count). The minimum absolute atomic E-state index is 0.0941. The molecule has 110 valence electrons. The molecule has 0 bridgehead atoms. The van der Waals surface area contributed by atoms with Crippen LogP contribution in [0.2, 0.25) is 0 Å². The van der Waals surface area contributed by atoms with Crippen LogP contribution in [0, 0.1) is 11.7 Å². The van der Waals surface area contributed by atoms with Crippen molar-refractivity contribution in [2.24, 2.45) is 5.92 Å². The molecule has 0 aromatic heterocycles. The summed E-state index contributed by atoms with van der Waals surface area (Å²) in [5.74, 6) is -0.502. The number of hydrogen-bond donors (Lipinski definition) is 2. The van der Waals surface area contributed by atoms with E-state index in [9.17, 15) is 9.18 Å². The standard InChI is InChI=1S/C15H21FN2O2/c1-9-5-3-4-6-13(9)18-14-7-10(15(19)20-2)12(17)8-11(14)16/h7-9,13,18H,3-6,17H2,1-2H3. The van der Waals surface area contributed by atoms with E-state index < -0.39 is 11.8 Å². The molecule has 2 unspecified atom stereocenters. The van der Waals surface area contributed by atoms with Crippen LogP contribution < -0.4 is 11.1 Å². The number of rotatable bonds is 3. The van der Waals surface area contributed by atoms with Gasteiger partial charge in [-0.25, -0.2) is 9.18 Å². The zero-order chi connectivity index (χ0) is 14.7. The Balaban J connectivity index is 2.24. The minimum Gasteiger partial charge on any atom is -0.465 e. The Hall–Kier alpha value is -1.78. The fourth-order valence-electron chi connectivity index (χ4n) is 2.72. The van der Waals surface area contributed by atoms with Crippen LogP contribution in [-0.2, 0) is 4.74 Å². The Bertz CT molecular complexity index is 505. The summed E-state index contributed by atoms with van der Waals surface area (Å²) in [6.07, 6.45) is 4.51. The van der Waals surface area contributed by atoms with E-state index in [1.54, 1.807) is 0 Å². The molecule has 0 heterocycles. The number of nitrogens with two attached hydrogens (primary N) is 1. The molecule has 0 saturated heterocycles. The average Bonchev–Trinajstić information content (AvgIpc) is 2.43. The van der Waals surface area contributed by atoms with Gasteiger partial charge in [-0.3, -0.25) is 0 Å². The van der Waals surface area contributed by atoms with Gasteiger partial charge in [0.2, 0.25) is 0 Å². The molecule has 1 aromatic carbocycles. The number of hydrogen-bond acceptors (Lipinski definition) is 4. The molecular formula is C15H21FN2O2. The molecule has 4 nitrogen and oxygen atoms in total. The van der Waals surface area contributed by atoms with Crippen molar-refractivity contribution < 1.29 is 13.9 Å². The molecular weight excluding hydrogens is 259 g/mol. The van der Waals surface area contributed by atoms with E-state index >= 15 is 0 Å². The topological polar surface area (TPSA) is 64.3 Å². The lowest BCUT2D eigenvalue weighted by molar-refractivity contribution is 0.0602. The monoisotopic (exact) mass is 280 g/mol. The highest BCUT2D eigenvalue weighted by atomic mass is 19.1. The van der Waals surface area contributed by atoms with Gasteiger partial charge >= 0.3 is 5.97 Å². The molecule has 0 aliphatic heterocycles. The van der Waals surface area contributed by atoms with E-state index in [4.69, 9.17) is 5.73 Å². The Morgan fingerprint density at radius 2 is 2.10 bits per heavy atom. The summed E-state index contributed by atoms with van der Waals surface area (Å²) >= 11 is 0. The Labute approximate surface area is 118 Å². The van der Waals surface area contributed by atoms with Crippen LogP contribution in [0.1, 0.15) is 43.0 Å². The van der Waals surface area contributed by atoms with E-state index in [0.29, 0.717) is 11.6 Å². The third-order valence-electron chi connectivity index (χ3n) is 4.00. The third kappa shape index (κ3) is 3.03. The van der Waals surface area contributed by atoms with Gasteiger partial charge in [-0.15, -0.1) is 0 Å². The quantitative estimate of drug-likeness (QED) is 0.659. The first-order valence-corrected chi connectivity index (χ1v) is 6.96. The van der Waals surface area contributed by atoms with Crippen LogP contribution in [0.25, 0.3) is 0 Å². The number of carbonyl (C=O) groups is 1. The molecule has 0 radical (unpaired) electrons. The van der Waals surface area contributed by atoms with E-state index in [2.05, 4.69) is 17.0 Å². The van der Waals surface area contributed by atoms with Crippen molar-refractivity contribution in [3.05, 3.63) is 23.5 Å². The zero-order valence-corrected chi connectivity index (χ0v) is 11.9. The van der Waals surface area contributed by atoms with Crippen molar-refractivity contribution >= 4 is 17.3 Å². The van der Waals surface area contributed by atoms with Crippen molar-refractivity contribution in [1.29, 1.82) is 0 Å². The van der Waals surface area contributed by atoms with Gasteiger partial charge < -0.3 is 15.8 Å². The van der Waals surface area contributed by atoms with E-state index in [1.807, 2.05) is 0 Å². The van der Waals surface area contributed by atoms with Crippen molar-refractivity contribution in [2.45, 2.75) is 38.6 Å². The summed E-state index contributed by atoms with van der Waals surface area (Å²) in [7, 11) is 1.28. The number of halogens is 1. The lowest BCUT2D eigenvalue weighted by Crippen LogP contribution is -2.30. The summed E-state index contributed by atoms with van der Waals surface area (Å²) in [6.45, 7) is 2.16. The number of ether oxygens (including phenoxy) is 1. The van der Waals surface area contributed by atoms with E-state index in [1.165, 1.54) is 25.7 Å². The van der Waals surface area contributed by atoms with Crippen LogP contribution in [0.3, 0.4) is 0 Å². The van der Waals surface area contributed by atoms with Crippen LogP contribution in [0.4, 0.5) is 15.8 Å². The predicted molar refractivity (Wildman–Crippen MR) is 77.2 cm³/mol. The number of nitrogens with one attached hydrogen (secondary N) is 1. The fourth-order valence-corrected chi connectivity index (χ4v) is 2.72. The van der Waals surface area contributed by atoms with Gasteiger partial charge in [-0.2, -0.15) is 0 Å². The molecule has 1 aliphatic carbocycles. The smallest absolute Gasteiger partial charge is 0.340 e. The number of nitrogen functional groups attached to an aromatic ring is 1. The molecule has 1 fully saturated rings. The molecule has 20 heavy (non-hydrogen) atoms. The van der Waals surface area contributed by atoms with Gasteiger partial charge in [0.1, 0.15) is 5.82 Å².